The summed E-state index contributed by atoms with van der Waals surface area (Å²) in [6, 6.07) is 5.85. The molecule has 0 saturated heterocycles. The quantitative estimate of drug-likeness (QED) is 0.643. The molecule has 0 bridgehead atoms. The van der Waals surface area contributed by atoms with E-state index in [0.29, 0.717) is 16.0 Å². The van der Waals surface area contributed by atoms with Crippen LogP contribution in [0, 0.1) is 5.92 Å². The van der Waals surface area contributed by atoms with Crippen LogP contribution >= 0.6 is 23.2 Å². The van der Waals surface area contributed by atoms with Crippen molar-refractivity contribution >= 4 is 23.2 Å². The summed E-state index contributed by atoms with van der Waals surface area (Å²) < 4.78 is 0. The lowest BCUT2D eigenvalue weighted by atomic mass is 9.81. The van der Waals surface area contributed by atoms with Crippen molar-refractivity contribution in [1.82, 2.24) is 5.43 Å². The molecule has 1 aromatic rings. The lowest BCUT2D eigenvalue weighted by molar-refractivity contribution is 0.273. The van der Waals surface area contributed by atoms with E-state index in [4.69, 9.17) is 29.0 Å². The van der Waals surface area contributed by atoms with Gasteiger partial charge in [-0.3, -0.25) is 11.3 Å². The maximum atomic E-state index is 6.26. The molecule has 2 nitrogen and oxygen atoms in total. The lowest BCUT2D eigenvalue weighted by Crippen LogP contribution is -2.34. The highest BCUT2D eigenvalue weighted by Crippen LogP contribution is 2.38. The van der Waals surface area contributed by atoms with Gasteiger partial charge in [-0.1, -0.05) is 54.6 Å². The fourth-order valence-electron chi connectivity index (χ4n) is 2.71. The molecule has 1 aliphatic rings. The number of nitrogens with two attached hydrogens (primary N) is 1. The Balaban J connectivity index is 2.24. The number of halogens is 2. The third-order valence-electron chi connectivity index (χ3n) is 3.62. The maximum absolute atomic E-state index is 6.26. The van der Waals surface area contributed by atoms with Gasteiger partial charge in [-0.15, -0.1) is 0 Å². The first-order valence-electron chi connectivity index (χ1n) is 6.14. The Hall–Kier alpha value is -0.280. The predicted molar refractivity (Wildman–Crippen MR) is 73.1 cm³/mol. The first-order chi connectivity index (χ1) is 8.24. The summed E-state index contributed by atoms with van der Waals surface area (Å²) in [5.41, 5.74) is 3.93. The van der Waals surface area contributed by atoms with Crippen LogP contribution in [0.2, 0.25) is 10.0 Å². The van der Waals surface area contributed by atoms with Gasteiger partial charge in [0, 0.05) is 0 Å². The number of nitrogens with one attached hydrogen (secondary N) is 1. The molecular formula is C13H18Cl2N2. The zero-order valence-electron chi connectivity index (χ0n) is 9.76. The molecule has 94 valence electrons. The van der Waals surface area contributed by atoms with Gasteiger partial charge < -0.3 is 0 Å². The normalized spacial score (nSPS) is 19.2. The van der Waals surface area contributed by atoms with E-state index in [2.05, 4.69) is 5.43 Å². The topological polar surface area (TPSA) is 38.0 Å². The van der Waals surface area contributed by atoms with Crippen LogP contribution in [0.4, 0.5) is 0 Å². The molecule has 3 N–H and O–H groups in total. The van der Waals surface area contributed by atoms with E-state index in [0.717, 1.165) is 5.56 Å². The van der Waals surface area contributed by atoms with Crippen LogP contribution in [-0.4, -0.2) is 0 Å². The van der Waals surface area contributed by atoms with Crippen molar-refractivity contribution in [3.05, 3.63) is 33.8 Å². The Morgan fingerprint density at radius 3 is 2.53 bits per heavy atom. The molecule has 1 atom stereocenters. The summed E-state index contributed by atoms with van der Waals surface area (Å²) >= 11 is 12.3. The highest BCUT2D eigenvalue weighted by Gasteiger charge is 2.26. The molecule has 1 aromatic carbocycles. The zero-order valence-corrected chi connectivity index (χ0v) is 11.3. The Morgan fingerprint density at radius 1 is 1.18 bits per heavy atom. The first-order valence-corrected chi connectivity index (χ1v) is 6.89. The number of hydrazine groups is 1. The highest BCUT2D eigenvalue weighted by atomic mass is 35.5. The molecule has 0 heterocycles. The van der Waals surface area contributed by atoms with Crippen molar-refractivity contribution in [2.24, 2.45) is 11.8 Å². The largest absolute Gasteiger partial charge is 0.271 e. The van der Waals surface area contributed by atoms with Crippen LogP contribution in [0.15, 0.2) is 18.2 Å². The van der Waals surface area contributed by atoms with Gasteiger partial charge in [0.25, 0.3) is 0 Å². The summed E-state index contributed by atoms with van der Waals surface area (Å²) in [4.78, 5) is 0. The molecule has 1 unspecified atom stereocenters. The van der Waals surface area contributed by atoms with Crippen LogP contribution in [-0.2, 0) is 0 Å². The molecule has 1 fully saturated rings. The van der Waals surface area contributed by atoms with Gasteiger partial charge in [-0.05, 0) is 30.4 Å². The number of benzene rings is 1. The van der Waals surface area contributed by atoms with Crippen molar-refractivity contribution in [1.29, 1.82) is 0 Å². The van der Waals surface area contributed by atoms with Gasteiger partial charge >= 0.3 is 0 Å². The summed E-state index contributed by atoms with van der Waals surface area (Å²) in [6.45, 7) is 0. The average molecular weight is 273 g/mol. The van der Waals surface area contributed by atoms with Crippen LogP contribution in [0.25, 0.3) is 0 Å². The van der Waals surface area contributed by atoms with E-state index in [9.17, 15) is 0 Å². The Kier molecular flexibility index (Phi) is 4.69. The molecule has 1 aliphatic carbocycles. The van der Waals surface area contributed by atoms with Crippen LogP contribution in [0.3, 0.4) is 0 Å². The van der Waals surface area contributed by atoms with E-state index in [-0.39, 0.29) is 6.04 Å². The van der Waals surface area contributed by atoms with Crippen molar-refractivity contribution < 1.29 is 0 Å². The van der Waals surface area contributed by atoms with Gasteiger partial charge in [-0.2, -0.15) is 0 Å². The molecule has 1 saturated carbocycles. The minimum Gasteiger partial charge on any atom is -0.271 e. The highest BCUT2D eigenvalue weighted by molar-refractivity contribution is 6.42. The summed E-state index contributed by atoms with van der Waals surface area (Å²) in [5.74, 6) is 6.26. The molecule has 0 radical (unpaired) electrons. The standard InChI is InChI=1S/C13H18Cl2N2/c14-11-8-4-7-10(12(11)15)13(17-16)9-5-2-1-3-6-9/h4,7-9,13,17H,1-3,5-6,16H2. The first kappa shape index (κ1) is 13.2. The second-order valence-corrected chi connectivity index (χ2v) is 5.47. The third kappa shape index (κ3) is 2.94. The number of hydrogen-bond donors (Lipinski definition) is 2. The van der Waals surface area contributed by atoms with Gasteiger partial charge in [-0.25, -0.2) is 0 Å². The van der Waals surface area contributed by atoms with Crippen LogP contribution < -0.4 is 11.3 Å². The monoisotopic (exact) mass is 272 g/mol. The number of rotatable bonds is 3. The lowest BCUT2D eigenvalue weighted by Gasteiger charge is -2.30. The van der Waals surface area contributed by atoms with Gasteiger partial charge in [0.15, 0.2) is 0 Å². The molecule has 0 spiro atoms. The Morgan fingerprint density at radius 2 is 1.88 bits per heavy atom. The average Bonchev–Trinajstić information content (AvgIpc) is 2.37. The summed E-state index contributed by atoms with van der Waals surface area (Å²) in [6.07, 6.45) is 6.30. The van der Waals surface area contributed by atoms with Gasteiger partial charge in [0.05, 0.1) is 16.1 Å². The maximum Gasteiger partial charge on any atom is 0.0640 e. The van der Waals surface area contributed by atoms with Crippen molar-refractivity contribution in [2.45, 2.75) is 38.1 Å². The van der Waals surface area contributed by atoms with Crippen LogP contribution in [0.5, 0.6) is 0 Å². The molecule has 17 heavy (non-hydrogen) atoms. The van der Waals surface area contributed by atoms with E-state index < -0.39 is 0 Å². The molecule has 2 rings (SSSR count). The Bertz CT molecular complexity index is 376. The van der Waals surface area contributed by atoms with E-state index in [1.165, 1.54) is 32.1 Å². The van der Waals surface area contributed by atoms with E-state index in [1.807, 2.05) is 18.2 Å². The van der Waals surface area contributed by atoms with Crippen molar-refractivity contribution in [3.8, 4) is 0 Å². The second kappa shape index (κ2) is 6.05. The predicted octanol–water partition coefficient (Wildman–Crippen LogP) is 4.08. The molecule has 0 aromatic heterocycles. The van der Waals surface area contributed by atoms with Crippen LogP contribution in [0.1, 0.15) is 43.7 Å². The van der Waals surface area contributed by atoms with Gasteiger partial charge in [0.2, 0.25) is 0 Å². The SMILES string of the molecule is NNC(c1cccc(Cl)c1Cl)C1CCCCC1. The minimum absolute atomic E-state index is 0.112. The molecule has 0 amide bonds. The molecule has 0 aliphatic heterocycles. The number of hydrogen-bond acceptors (Lipinski definition) is 2. The fourth-order valence-corrected chi connectivity index (χ4v) is 3.13. The summed E-state index contributed by atoms with van der Waals surface area (Å²) in [7, 11) is 0. The molecule has 4 heteroatoms. The zero-order chi connectivity index (χ0) is 12.3. The minimum atomic E-state index is 0.112. The molecular weight excluding hydrogens is 255 g/mol. The van der Waals surface area contributed by atoms with Gasteiger partial charge in [0.1, 0.15) is 0 Å². The van der Waals surface area contributed by atoms with Crippen molar-refractivity contribution in [3.63, 3.8) is 0 Å². The van der Waals surface area contributed by atoms with Crippen molar-refractivity contribution in [2.75, 3.05) is 0 Å². The van der Waals surface area contributed by atoms with E-state index in [1.54, 1.807) is 0 Å². The summed E-state index contributed by atoms with van der Waals surface area (Å²) in [5, 5.41) is 1.22. The fraction of sp³-hybridized carbons (Fsp3) is 0.538. The Labute approximate surface area is 112 Å². The smallest absolute Gasteiger partial charge is 0.0640 e. The second-order valence-electron chi connectivity index (χ2n) is 4.69. The van der Waals surface area contributed by atoms with E-state index >= 15 is 0 Å². The third-order valence-corrected chi connectivity index (χ3v) is 4.45.